The van der Waals surface area contributed by atoms with Gasteiger partial charge in [0, 0.05) is 30.1 Å². The summed E-state index contributed by atoms with van der Waals surface area (Å²) in [5, 5.41) is 23.9. The minimum Gasteiger partial charge on any atom is -0.481 e. The largest absolute Gasteiger partial charge is 0.481 e. The van der Waals surface area contributed by atoms with Crippen LogP contribution < -0.4 is 19.0 Å². The van der Waals surface area contributed by atoms with Crippen LogP contribution in [0.3, 0.4) is 0 Å². The Hall–Kier alpha value is -3.45. The fraction of sp³-hybridized carbons (Fsp3) is 0.700. The number of aliphatic carboxylic acids is 1. The van der Waals surface area contributed by atoms with E-state index in [0.717, 1.165) is 43.4 Å². The van der Waals surface area contributed by atoms with Crippen molar-refractivity contribution in [3.63, 3.8) is 0 Å². The molecule has 0 aliphatic carbocycles. The number of ether oxygens (including phenoxy) is 1. The van der Waals surface area contributed by atoms with E-state index in [2.05, 4.69) is 87.6 Å². The van der Waals surface area contributed by atoms with Crippen LogP contribution in [0.15, 0.2) is 24.3 Å². The maximum absolute atomic E-state index is 13.7. The highest BCUT2D eigenvalue weighted by Gasteiger charge is 2.30. The summed E-state index contributed by atoms with van der Waals surface area (Å²) in [6, 6.07) is 7.09. The fourth-order valence-corrected chi connectivity index (χ4v) is 7.45. The van der Waals surface area contributed by atoms with Crippen molar-refractivity contribution in [2.45, 2.75) is 169 Å². The summed E-state index contributed by atoms with van der Waals surface area (Å²) in [5.41, 5.74) is 2.33. The SMILES string of the molecule is CCCCCCCCCCC(Oc1ccc(C(C)(C)CC(C)(C)C)cc1OS(=O)NC(C)c1nnc2cc(C(C)(C)C)[nH]n12)C(=O)NCCCC(=O)O. The van der Waals surface area contributed by atoms with Crippen LogP contribution in [0.5, 0.6) is 11.5 Å². The number of carboxylic acids is 1. The molecule has 298 valence electrons. The van der Waals surface area contributed by atoms with Gasteiger partial charge in [-0.25, -0.2) is 4.52 Å². The lowest BCUT2D eigenvalue weighted by Crippen LogP contribution is -2.39. The van der Waals surface area contributed by atoms with Crippen LogP contribution in [0.2, 0.25) is 0 Å². The molecule has 0 aliphatic heterocycles. The number of rotatable bonds is 23. The summed E-state index contributed by atoms with van der Waals surface area (Å²) in [6.45, 7) is 21.5. The summed E-state index contributed by atoms with van der Waals surface area (Å²) in [4.78, 5) is 24.5. The van der Waals surface area contributed by atoms with E-state index in [1.165, 1.54) is 25.7 Å². The van der Waals surface area contributed by atoms with Crippen molar-refractivity contribution in [3.05, 3.63) is 41.3 Å². The Kier molecular flexibility index (Phi) is 16.4. The van der Waals surface area contributed by atoms with E-state index in [1.807, 2.05) is 25.1 Å². The number of nitrogens with zero attached hydrogens (tertiary/aromatic N) is 3. The molecule has 0 aliphatic rings. The summed E-state index contributed by atoms with van der Waals surface area (Å²) in [6.07, 6.45) is 9.74. The highest BCUT2D eigenvalue weighted by atomic mass is 32.2. The molecule has 0 saturated carbocycles. The number of H-pyrrole nitrogens is 1. The molecular weight excluding hydrogens is 693 g/mol. The Balaban J connectivity index is 1.86. The average Bonchev–Trinajstić information content (AvgIpc) is 3.65. The van der Waals surface area contributed by atoms with E-state index < -0.39 is 29.4 Å². The van der Waals surface area contributed by atoms with Crippen molar-refractivity contribution in [2.24, 2.45) is 5.41 Å². The number of carbonyl (C=O) groups is 2. The van der Waals surface area contributed by atoms with Crippen LogP contribution in [-0.2, 0) is 31.7 Å². The number of hydrogen-bond donors (Lipinski definition) is 4. The number of nitrogens with one attached hydrogen (secondary N) is 3. The third-order valence-electron chi connectivity index (χ3n) is 9.30. The highest BCUT2D eigenvalue weighted by Crippen LogP contribution is 2.40. The van der Waals surface area contributed by atoms with Gasteiger partial charge in [-0.3, -0.25) is 14.7 Å². The molecule has 0 fully saturated rings. The standard InChI is InChI=1S/C40H66N6O6S/c1-11-12-13-14-15-16-17-18-20-31(37(49)41-24-19-21-35(47)48)51-30-23-22-29(40(9,10)27-38(3,4)5)25-32(30)52-53(50)45-28(2)36-43-42-34-26-33(39(6,7)8)44-46(34)36/h22-23,25-26,28,31,44-45H,11-21,24,27H2,1-10H3,(H,41,49)(H,47,48). The topological polar surface area (TPSA) is 160 Å². The van der Waals surface area contributed by atoms with Crippen molar-refractivity contribution in [3.8, 4) is 11.5 Å². The van der Waals surface area contributed by atoms with Crippen molar-refractivity contribution >= 4 is 28.8 Å². The number of carboxylic acid groups (broad SMARTS) is 1. The Bertz CT molecular complexity index is 1640. The zero-order valence-electron chi connectivity index (χ0n) is 33.9. The van der Waals surface area contributed by atoms with Gasteiger partial charge in [-0.2, -0.15) is 8.93 Å². The monoisotopic (exact) mass is 758 g/mol. The van der Waals surface area contributed by atoms with Gasteiger partial charge in [-0.15, -0.1) is 10.2 Å². The molecular formula is C40H66N6O6S. The zero-order valence-corrected chi connectivity index (χ0v) is 34.7. The number of hydrogen-bond acceptors (Lipinski definition) is 7. The minimum absolute atomic E-state index is 0.0349. The molecule has 3 unspecified atom stereocenters. The lowest BCUT2D eigenvalue weighted by atomic mass is 9.72. The lowest BCUT2D eigenvalue weighted by molar-refractivity contribution is -0.137. The summed E-state index contributed by atoms with van der Waals surface area (Å²) < 4.78 is 31.0. The molecule has 2 heterocycles. The highest BCUT2D eigenvalue weighted by molar-refractivity contribution is 7.78. The second-order valence-electron chi connectivity index (χ2n) is 17.3. The van der Waals surface area contributed by atoms with E-state index in [0.29, 0.717) is 30.1 Å². The second kappa shape index (κ2) is 19.8. The van der Waals surface area contributed by atoms with Gasteiger partial charge in [0.2, 0.25) is 0 Å². The Morgan fingerprint density at radius 3 is 2.21 bits per heavy atom. The molecule has 0 bridgehead atoms. The molecule has 53 heavy (non-hydrogen) atoms. The first-order valence-corrected chi connectivity index (χ1v) is 20.5. The molecule has 0 saturated heterocycles. The van der Waals surface area contributed by atoms with Crippen LogP contribution in [0.1, 0.15) is 169 Å². The third kappa shape index (κ3) is 14.4. The molecule has 3 aromatic rings. The second-order valence-corrected chi connectivity index (χ2v) is 18.1. The maximum atomic E-state index is 13.7. The zero-order chi connectivity index (χ0) is 39.4. The molecule has 1 aromatic carbocycles. The number of benzene rings is 1. The average molecular weight is 759 g/mol. The van der Waals surface area contributed by atoms with E-state index >= 15 is 0 Å². The smallest absolute Gasteiger partial charge is 0.303 e. The van der Waals surface area contributed by atoms with Gasteiger partial charge < -0.3 is 19.3 Å². The first kappa shape index (κ1) is 44.0. The number of unbranched alkanes of at least 4 members (excludes halogenated alkanes) is 7. The molecule has 1 amide bonds. The van der Waals surface area contributed by atoms with E-state index in [4.69, 9.17) is 14.0 Å². The maximum Gasteiger partial charge on any atom is 0.303 e. The van der Waals surface area contributed by atoms with Gasteiger partial charge in [0.25, 0.3) is 17.2 Å². The first-order chi connectivity index (χ1) is 24.8. The fourth-order valence-electron chi connectivity index (χ4n) is 6.71. The quantitative estimate of drug-likeness (QED) is 0.0700. The number of amides is 1. The molecule has 0 spiro atoms. The van der Waals surface area contributed by atoms with Crippen molar-refractivity contribution < 1.29 is 27.8 Å². The van der Waals surface area contributed by atoms with Crippen LogP contribution in [0, 0.1) is 5.41 Å². The summed E-state index contributed by atoms with van der Waals surface area (Å²) in [5.74, 6) is -0.116. The van der Waals surface area contributed by atoms with Crippen LogP contribution in [0.4, 0.5) is 0 Å². The number of aromatic amines is 1. The first-order valence-electron chi connectivity index (χ1n) is 19.4. The van der Waals surface area contributed by atoms with Gasteiger partial charge in [-0.05, 0) is 61.1 Å². The molecule has 4 N–H and O–H groups in total. The van der Waals surface area contributed by atoms with Crippen molar-refractivity contribution in [2.75, 3.05) is 6.54 Å². The Morgan fingerprint density at radius 1 is 0.925 bits per heavy atom. The number of carbonyl (C=O) groups excluding carboxylic acids is 1. The Labute approximate surface area is 319 Å². The molecule has 13 heteroatoms. The lowest BCUT2D eigenvalue weighted by Gasteiger charge is -2.33. The third-order valence-corrected chi connectivity index (χ3v) is 10.2. The molecule has 0 radical (unpaired) electrons. The normalized spacial score (nSPS) is 14.2. The van der Waals surface area contributed by atoms with E-state index in [-0.39, 0.29) is 40.9 Å². The van der Waals surface area contributed by atoms with Gasteiger partial charge >= 0.3 is 5.97 Å². The summed E-state index contributed by atoms with van der Waals surface area (Å²) >= 11 is -2.03. The molecule has 3 rings (SSSR count). The predicted octanol–water partition coefficient (Wildman–Crippen LogP) is 8.64. The van der Waals surface area contributed by atoms with E-state index in [1.54, 1.807) is 10.6 Å². The molecule has 2 aromatic heterocycles. The van der Waals surface area contributed by atoms with Gasteiger partial charge in [0.1, 0.15) is 0 Å². The Morgan fingerprint density at radius 2 is 1.58 bits per heavy atom. The predicted molar refractivity (Wildman–Crippen MR) is 211 cm³/mol. The van der Waals surface area contributed by atoms with Crippen LogP contribution >= 0.6 is 0 Å². The molecule has 3 atom stereocenters. The van der Waals surface area contributed by atoms with Crippen LogP contribution in [-0.4, -0.2) is 53.7 Å². The number of aromatic nitrogens is 4. The van der Waals surface area contributed by atoms with Crippen LogP contribution in [0.25, 0.3) is 5.65 Å². The van der Waals surface area contributed by atoms with E-state index in [9.17, 15) is 13.8 Å². The van der Waals surface area contributed by atoms with Crippen molar-refractivity contribution in [1.29, 1.82) is 0 Å². The van der Waals surface area contributed by atoms with Gasteiger partial charge in [0.15, 0.2) is 29.1 Å². The van der Waals surface area contributed by atoms with Gasteiger partial charge in [-0.1, -0.05) is 113 Å². The van der Waals surface area contributed by atoms with Crippen molar-refractivity contribution in [1.82, 2.24) is 29.9 Å². The van der Waals surface area contributed by atoms with Gasteiger partial charge in [0.05, 0.1) is 6.04 Å². The minimum atomic E-state index is -2.03. The summed E-state index contributed by atoms with van der Waals surface area (Å²) in [7, 11) is 0. The number of fused-ring (bicyclic) bond motifs is 1. The molecule has 12 nitrogen and oxygen atoms in total.